The number of hydrogen-bond donors (Lipinski definition) is 3. The fourth-order valence-electron chi connectivity index (χ4n) is 2.73. The highest BCUT2D eigenvalue weighted by Gasteiger charge is 2.43. The van der Waals surface area contributed by atoms with E-state index in [9.17, 15) is 19.8 Å². The summed E-state index contributed by atoms with van der Waals surface area (Å²) >= 11 is 0. The van der Waals surface area contributed by atoms with E-state index in [-0.39, 0.29) is 0 Å². The number of allylic oxidation sites excluding steroid dienone is 1. The molecule has 7 nitrogen and oxygen atoms in total. The number of rotatable bonds is 6. The highest BCUT2D eigenvalue weighted by molar-refractivity contribution is 7.72. The molecule has 1 saturated heterocycles. The molecular weight excluding hydrogens is 343 g/mol. The van der Waals surface area contributed by atoms with Gasteiger partial charge in [0.15, 0.2) is 6.23 Å². The van der Waals surface area contributed by atoms with Gasteiger partial charge in [0.25, 0.3) is 5.56 Å². The molecular formula is C17H27N2O5P. The van der Waals surface area contributed by atoms with Gasteiger partial charge in [-0.2, -0.15) is 0 Å². The Balaban J connectivity index is 2.29. The van der Waals surface area contributed by atoms with Gasteiger partial charge in [0, 0.05) is 6.20 Å². The Kier molecular flexibility index (Phi) is 6.27. The van der Waals surface area contributed by atoms with E-state index in [4.69, 9.17) is 4.74 Å². The van der Waals surface area contributed by atoms with E-state index in [1.165, 1.54) is 6.20 Å². The minimum Gasteiger partial charge on any atom is -0.388 e. The Morgan fingerprint density at radius 3 is 2.64 bits per heavy atom. The molecule has 0 bridgehead atoms. The molecule has 0 spiro atoms. The molecule has 0 saturated carbocycles. The zero-order valence-electron chi connectivity index (χ0n) is 14.9. The predicted octanol–water partition coefficient (Wildman–Crippen LogP) is 0.678. The van der Waals surface area contributed by atoms with E-state index in [0.29, 0.717) is 12.0 Å². The average Bonchev–Trinajstić information content (AvgIpc) is 2.80. The lowest BCUT2D eigenvalue weighted by molar-refractivity contribution is -0.0402. The second-order valence-corrected chi connectivity index (χ2v) is 11.4. The van der Waals surface area contributed by atoms with Crippen LogP contribution in [0.4, 0.5) is 0 Å². The van der Waals surface area contributed by atoms with Gasteiger partial charge in [0.05, 0.1) is 11.7 Å². The van der Waals surface area contributed by atoms with E-state index >= 15 is 0 Å². The van der Waals surface area contributed by atoms with Gasteiger partial charge in [-0.25, -0.2) is 4.79 Å². The van der Waals surface area contributed by atoms with E-state index in [1.54, 1.807) is 12.2 Å². The van der Waals surface area contributed by atoms with Gasteiger partial charge in [-0.15, -0.1) is 13.2 Å². The summed E-state index contributed by atoms with van der Waals surface area (Å²) in [5.74, 6) is 0. The number of aliphatic hydroxyl groups excluding tert-OH is 2. The Hall–Kier alpha value is -1.40. The first kappa shape index (κ1) is 19.9. The van der Waals surface area contributed by atoms with E-state index < -0.39 is 42.7 Å². The maximum atomic E-state index is 12.1. The summed E-state index contributed by atoms with van der Waals surface area (Å²) in [4.78, 5) is 26.2. The van der Waals surface area contributed by atoms with Crippen LogP contribution in [0.15, 0.2) is 21.9 Å². The first-order valence-corrected chi connectivity index (χ1v) is 11.4. The third-order valence-corrected chi connectivity index (χ3v) is 5.63. The van der Waals surface area contributed by atoms with Crippen LogP contribution < -0.4 is 11.2 Å². The Bertz CT molecular complexity index is 791. The normalized spacial score (nSPS) is 27.2. The number of aromatic nitrogens is 2. The van der Waals surface area contributed by atoms with Crippen LogP contribution >= 0.6 is 6.89 Å². The van der Waals surface area contributed by atoms with E-state index in [2.05, 4.69) is 24.6 Å². The summed E-state index contributed by atoms with van der Waals surface area (Å²) in [7, 11) is 0. The molecule has 8 heteroatoms. The van der Waals surface area contributed by atoms with Crippen LogP contribution in [0.1, 0.15) is 31.6 Å². The molecule has 4 atom stereocenters. The molecule has 1 aromatic heterocycles. The Morgan fingerprint density at radius 1 is 1.36 bits per heavy atom. The molecule has 1 aliphatic rings. The zero-order valence-corrected chi connectivity index (χ0v) is 15.8. The van der Waals surface area contributed by atoms with E-state index in [1.807, 2.05) is 6.92 Å². The van der Waals surface area contributed by atoms with Gasteiger partial charge in [-0.1, -0.05) is 19.1 Å². The molecule has 0 radical (unpaired) electrons. The number of nitrogens with one attached hydrogen (secondary N) is 1. The van der Waals surface area contributed by atoms with Crippen molar-refractivity contribution in [3.05, 3.63) is 38.7 Å². The number of hydrogen-bond acceptors (Lipinski definition) is 5. The minimum absolute atomic E-state index is 0.292. The molecule has 0 unspecified atom stereocenters. The van der Waals surface area contributed by atoms with Crippen LogP contribution in [-0.4, -0.2) is 63.9 Å². The summed E-state index contributed by atoms with van der Waals surface area (Å²) in [6, 6.07) is 0. The average molecular weight is 370 g/mol. The van der Waals surface area contributed by atoms with Crippen molar-refractivity contribution >= 4 is 19.3 Å². The number of aromatic amines is 1. The summed E-state index contributed by atoms with van der Waals surface area (Å²) in [5.41, 5.74) is -0.889. The third kappa shape index (κ3) is 4.82. The van der Waals surface area contributed by atoms with E-state index in [0.717, 1.165) is 17.1 Å². The zero-order chi connectivity index (χ0) is 18.8. The van der Waals surface area contributed by atoms with Crippen LogP contribution in [0.25, 0.3) is 6.08 Å². The quantitative estimate of drug-likeness (QED) is 0.639. The molecule has 0 aromatic carbocycles. The van der Waals surface area contributed by atoms with Crippen LogP contribution in [0, 0.1) is 0 Å². The summed E-state index contributed by atoms with van der Waals surface area (Å²) in [6.07, 6.45) is 7.04. The maximum absolute atomic E-state index is 12.1. The highest BCUT2D eigenvalue weighted by atomic mass is 31.2. The molecule has 140 valence electrons. The lowest BCUT2D eigenvalue weighted by Crippen LogP contribution is -2.38. The summed E-state index contributed by atoms with van der Waals surface area (Å²) in [6.45, 7) is 4.81. The first-order valence-electron chi connectivity index (χ1n) is 8.35. The maximum Gasteiger partial charge on any atom is 0.330 e. The molecule has 0 amide bonds. The third-order valence-electron chi connectivity index (χ3n) is 4.16. The number of H-pyrrole nitrogens is 1. The number of aliphatic hydroxyl groups is 2. The standard InChI is InChI=1S/C17H27N2O5P/c1-5-6-7-11-10-19(17(23)18-15(11)22)16-14(21)13(20)12(24-16)8-9-25(2,3)4/h6-7,10,12-14,16,20-21H,2,5,8-9H2,1,3-4H3,(H,18,22,23)/b7-6+/t12-,13-,14-,16-/m1/s1. The molecule has 2 heterocycles. The highest BCUT2D eigenvalue weighted by Crippen LogP contribution is 2.39. The van der Waals surface area contributed by atoms with Gasteiger partial charge in [0.1, 0.15) is 12.2 Å². The number of ether oxygens (including phenoxy) is 1. The molecule has 0 aliphatic carbocycles. The smallest absolute Gasteiger partial charge is 0.330 e. The minimum atomic E-state index is -1.29. The SMILES string of the molecule is C=P(C)(C)CC[C@H]1O[C@@H](n2cc(/C=C/CC)c(=O)[nH]c2=O)[C@H](O)[C@@H]1O. The van der Waals surface area contributed by atoms with Crippen molar-refractivity contribution in [1.29, 1.82) is 0 Å². The molecule has 1 aliphatic heterocycles. The van der Waals surface area contributed by atoms with Crippen LogP contribution in [0.2, 0.25) is 0 Å². The predicted molar refractivity (Wildman–Crippen MR) is 102 cm³/mol. The van der Waals surface area contributed by atoms with Gasteiger partial charge in [0.2, 0.25) is 0 Å². The largest absolute Gasteiger partial charge is 0.388 e. The molecule has 1 fully saturated rings. The van der Waals surface area contributed by atoms with Gasteiger partial charge < -0.3 is 14.9 Å². The second kappa shape index (κ2) is 7.87. The monoisotopic (exact) mass is 370 g/mol. The van der Waals surface area contributed by atoms with Gasteiger partial charge in [-0.3, -0.25) is 14.3 Å². The fourth-order valence-corrected chi connectivity index (χ4v) is 3.68. The van der Waals surface area contributed by atoms with Crippen molar-refractivity contribution in [3.63, 3.8) is 0 Å². The van der Waals surface area contributed by atoms with Gasteiger partial charge in [-0.05, 0) is 32.3 Å². The first-order chi connectivity index (χ1) is 11.6. The Labute approximate surface area is 146 Å². The molecule has 25 heavy (non-hydrogen) atoms. The molecule has 1 aromatic rings. The topological polar surface area (TPSA) is 105 Å². The van der Waals surface area contributed by atoms with Crippen molar-refractivity contribution in [2.75, 3.05) is 19.5 Å². The fraction of sp³-hybridized carbons (Fsp3) is 0.588. The Morgan fingerprint density at radius 2 is 2.04 bits per heavy atom. The van der Waals surface area contributed by atoms with Crippen LogP contribution in [0.5, 0.6) is 0 Å². The van der Waals surface area contributed by atoms with Crippen molar-refractivity contribution in [2.45, 2.75) is 44.3 Å². The molecule has 3 N–H and O–H groups in total. The lowest BCUT2D eigenvalue weighted by Gasteiger charge is -2.19. The van der Waals surface area contributed by atoms with Gasteiger partial charge >= 0.3 is 5.69 Å². The molecule has 2 rings (SSSR count). The van der Waals surface area contributed by atoms with Crippen molar-refractivity contribution in [3.8, 4) is 0 Å². The second-order valence-electron chi connectivity index (χ2n) is 7.06. The summed E-state index contributed by atoms with van der Waals surface area (Å²) < 4.78 is 6.89. The van der Waals surface area contributed by atoms with Crippen molar-refractivity contribution in [2.24, 2.45) is 0 Å². The van der Waals surface area contributed by atoms with Crippen LogP contribution in [0.3, 0.4) is 0 Å². The number of nitrogens with zero attached hydrogens (tertiary/aromatic N) is 1. The van der Waals surface area contributed by atoms with Crippen LogP contribution in [-0.2, 0) is 4.74 Å². The lowest BCUT2D eigenvalue weighted by atomic mass is 10.1. The van der Waals surface area contributed by atoms with Crippen molar-refractivity contribution in [1.82, 2.24) is 9.55 Å². The van der Waals surface area contributed by atoms with Crippen molar-refractivity contribution < 1.29 is 14.9 Å². The summed E-state index contributed by atoms with van der Waals surface area (Å²) in [5, 5.41) is 20.6.